The number of benzene rings is 1. The van der Waals surface area contributed by atoms with Crippen LogP contribution in [0.15, 0.2) is 0 Å². The van der Waals surface area contributed by atoms with Gasteiger partial charge in [0.1, 0.15) is 5.82 Å². The van der Waals surface area contributed by atoms with E-state index in [4.69, 9.17) is 11.6 Å². The molecule has 0 spiro atoms. The molecule has 1 aromatic rings. The second kappa shape index (κ2) is 3.06. The molecule has 0 aliphatic rings. The fourth-order valence-electron chi connectivity index (χ4n) is 1.22. The van der Waals surface area contributed by atoms with Crippen LogP contribution in [0.1, 0.15) is 22.3 Å². The van der Waals surface area contributed by atoms with Crippen molar-refractivity contribution < 1.29 is 4.39 Å². The van der Waals surface area contributed by atoms with E-state index < -0.39 is 0 Å². The monoisotopic (exact) mass is 186 g/mol. The van der Waals surface area contributed by atoms with Crippen molar-refractivity contribution in [2.24, 2.45) is 0 Å². The van der Waals surface area contributed by atoms with Crippen LogP contribution in [-0.4, -0.2) is 0 Å². The van der Waals surface area contributed by atoms with Gasteiger partial charge in [-0.2, -0.15) is 0 Å². The van der Waals surface area contributed by atoms with Gasteiger partial charge in [0.2, 0.25) is 0 Å². The maximum absolute atomic E-state index is 13.3. The lowest BCUT2D eigenvalue weighted by molar-refractivity contribution is 0.615. The Hall–Kier alpha value is -0.560. The maximum Gasteiger partial charge on any atom is 0.145 e. The third kappa shape index (κ3) is 1.22. The van der Waals surface area contributed by atoms with Gasteiger partial charge in [0.15, 0.2) is 0 Å². The van der Waals surface area contributed by atoms with E-state index >= 15 is 0 Å². The van der Waals surface area contributed by atoms with Crippen molar-refractivity contribution in [3.63, 3.8) is 0 Å². The Labute approximate surface area is 77.4 Å². The Kier molecular flexibility index (Phi) is 2.43. The summed E-state index contributed by atoms with van der Waals surface area (Å²) in [5, 5.41) is 0.260. The Morgan fingerprint density at radius 2 is 1.25 bits per heavy atom. The minimum absolute atomic E-state index is 0.260. The summed E-state index contributed by atoms with van der Waals surface area (Å²) in [5.74, 6) is -0.280. The molecule has 0 aromatic heterocycles. The van der Waals surface area contributed by atoms with Gasteiger partial charge >= 0.3 is 0 Å². The van der Waals surface area contributed by atoms with E-state index in [-0.39, 0.29) is 10.8 Å². The summed E-state index contributed by atoms with van der Waals surface area (Å²) < 4.78 is 13.3. The third-order valence-electron chi connectivity index (χ3n) is 2.54. The molecule has 1 rings (SSSR count). The number of hydrogen-bond acceptors (Lipinski definition) is 0. The van der Waals surface area contributed by atoms with Crippen molar-refractivity contribution in [1.29, 1.82) is 0 Å². The highest BCUT2D eigenvalue weighted by Crippen LogP contribution is 2.28. The van der Waals surface area contributed by atoms with Crippen LogP contribution >= 0.6 is 11.6 Å². The number of halogens is 2. The van der Waals surface area contributed by atoms with E-state index in [1.54, 1.807) is 6.92 Å². The minimum Gasteiger partial charge on any atom is -0.205 e. The zero-order chi connectivity index (χ0) is 9.46. The first kappa shape index (κ1) is 9.53. The van der Waals surface area contributed by atoms with Gasteiger partial charge < -0.3 is 0 Å². The van der Waals surface area contributed by atoms with Crippen molar-refractivity contribution >= 4 is 11.6 Å². The standard InChI is InChI=1S/C10H12ClF/c1-5-6(2)8(4)10(12)9(11)7(5)3/h1-4H3. The van der Waals surface area contributed by atoms with Crippen LogP contribution in [0.3, 0.4) is 0 Å². The van der Waals surface area contributed by atoms with Gasteiger partial charge in [-0.05, 0) is 49.9 Å². The molecule has 0 heterocycles. The van der Waals surface area contributed by atoms with Crippen LogP contribution in [-0.2, 0) is 0 Å². The van der Waals surface area contributed by atoms with Gasteiger partial charge in [-0.3, -0.25) is 0 Å². The van der Waals surface area contributed by atoms with E-state index in [1.165, 1.54) is 0 Å². The fraction of sp³-hybridized carbons (Fsp3) is 0.400. The minimum atomic E-state index is -0.280. The van der Waals surface area contributed by atoms with Crippen LogP contribution in [0.2, 0.25) is 5.02 Å². The molecule has 0 amide bonds. The highest BCUT2D eigenvalue weighted by atomic mass is 35.5. The molecule has 66 valence electrons. The van der Waals surface area contributed by atoms with Crippen molar-refractivity contribution in [3.05, 3.63) is 33.1 Å². The van der Waals surface area contributed by atoms with Crippen LogP contribution in [0.4, 0.5) is 4.39 Å². The molecule has 0 aliphatic heterocycles. The lowest BCUT2D eigenvalue weighted by Crippen LogP contribution is -1.96. The summed E-state index contributed by atoms with van der Waals surface area (Å²) in [5.41, 5.74) is 3.58. The zero-order valence-electron chi connectivity index (χ0n) is 7.76. The second-order valence-corrected chi connectivity index (χ2v) is 3.51. The molecule has 12 heavy (non-hydrogen) atoms. The van der Waals surface area contributed by atoms with Gasteiger partial charge in [-0.1, -0.05) is 11.6 Å². The van der Waals surface area contributed by atoms with Crippen LogP contribution in [0.25, 0.3) is 0 Å². The Balaban J connectivity index is 3.60. The molecule has 1 aromatic carbocycles. The molecule has 0 nitrogen and oxygen atoms in total. The average molecular weight is 187 g/mol. The smallest absolute Gasteiger partial charge is 0.145 e. The van der Waals surface area contributed by atoms with E-state index in [0.717, 1.165) is 16.7 Å². The maximum atomic E-state index is 13.3. The molecule has 0 radical (unpaired) electrons. The number of hydrogen-bond donors (Lipinski definition) is 0. The summed E-state index contributed by atoms with van der Waals surface area (Å²) in [7, 11) is 0. The van der Waals surface area contributed by atoms with Crippen molar-refractivity contribution in [1.82, 2.24) is 0 Å². The van der Waals surface area contributed by atoms with Crippen LogP contribution < -0.4 is 0 Å². The molecular formula is C10H12ClF. The molecule has 0 saturated carbocycles. The van der Waals surface area contributed by atoms with Crippen molar-refractivity contribution in [3.8, 4) is 0 Å². The largest absolute Gasteiger partial charge is 0.205 e. The first-order chi connectivity index (χ1) is 5.46. The van der Waals surface area contributed by atoms with Crippen molar-refractivity contribution in [2.45, 2.75) is 27.7 Å². The zero-order valence-corrected chi connectivity index (χ0v) is 8.51. The van der Waals surface area contributed by atoms with E-state index in [0.29, 0.717) is 5.56 Å². The Bertz CT molecular complexity index is 224. The first-order valence-electron chi connectivity index (χ1n) is 3.88. The van der Waals surface area contributed by atoms with Gasteiger partial charge in [0.25, 0.3) is 0 Å². The van der Waals surface area contributed by atoms with Gasteiger partial charge in [-0.25, -0.2) is 4.39 Å². The predicted molar refractivity (Wildman–Crippen MR) is 50.4 cm³/mol. The molecule has 0 unspecified atom stereocenters. The Morgan fingerprint density at radius 3 is 1.75 bits per heavy atom. The van der Waals surface area contributed by atoms with E-state index in [9.17, 15) is 4.39 Å². The summed E-state index contributed by atoms with van der Waals surface area (Å²) in [6.45, 7) is 7.47. The fourth-order valence-corrected chi connectivity index (χ4v) is 1.50. The topological polar surface area (TPSA) is 0 Å². The first-order valence-corrected chi connectivity index (χ1v) is 4.26. The summed E-state index contributed by atoms with van der Waals surface area (Å²) in [4.78, 5) is 0. The summed E-state index contributed by atoms with van der Waals surface area (Å²) in [6, 6.07) is 0. The summed E-state index contributed by atoms with van der Waals surface area (Å²) in [6.07, 6.45) is 0. The molecular weight excluding hydrogens is 175 g/mol. The highest BCUT2D eigenvalue weighted by molar-refractivity contribution is 6.31. The summed E-state index contributed by atoms with van der Waals surface area (Å²) >= 11 is 5.79. The van der Waals surface area contributed by atoms with Gasteiger partial charge in [0, 0.05) is 0 Å². The van der Waals surface area contributed by atoms with Gasteiger partial charge in [0.05, 0.1) is 5.02 Å². The van der Waals surface area contributed by atoms with E-state index in [2.05, 4.69) is 0 Å². The SMILES string of the molecule is Cc1c(C)c(C)c(Cl)c(F)c1C. The lowest BCUT2D eigenvalue weighted by atomic mass is 9.99. The third-order valence-corrected chi connectivity index (χ3v) is 2.99. The molecule has 0 bridgehead atoms. The molecule has 2 heteroatoms. The van der Waals surface area contributed by atoms with Crippen molar-refractivity contribution in [2.75, 3.05) is 0 Å². The quantitative estimate of drug-likeness (QED) is 0.580. The number of rotatable bonds is 0. The molecule has 0 fully saturated rings. The average Bonchev–Trinajstić information content (AvgIpc) is 2.08. The lowest BCUT2D eigenvalue weighted by Gasteiger charge is -2.11. The van der Waals surface area contributed by atoms with Crippen LogP contribution in [0.5, 0.6) is 0 Å². The predicted octanol–water partition coefficient (Wildman–Crippen LogP) is 3.71. The second-order valence-electron chi connectivity index (χ2n) is 3.13. The Morgan fingerprint density at radius 1 is 0.833 bits per heavy atom. The molecule has 0 atom stereocenters. The van der Waals surface area contributed by atoms with E-state index in [1.807, 2.05) is 20.8 Å². The normalized spacial score (nSPS) is 10.5. The highest BCUT2D eigenvalue weighted by Gasteiger charge is 2.12. The molecule has 0 N–H and O–H groups in total. The molecule has 0 aliphatic carbocycles. The van der Waals surface area contributed by atoms with Crippen LogP contribution in [0, 0.1) is 33.5 Å². The van der Waals surface area contributed by atoms with Gasteiger partial charge in [-0.15, -0.1) is 0 Å². The molecule has 0 saturated heterocycles.